The van der Waals surface area contributed by atoms with Crippen molar-refractivity contribution < 1.29 is 27.3 Å². The summed E-state index contributed by atoms with van der Waals surface area (Å²) < 4.78 is 43.0. The van der Waals surface area contributed by atoms with Crippen LogP contribution < -0.4 is 0 Å². The number of carbonyl (C=O) groups excluding carboxylic acids is 1. The molecule has 134 valence electrons. The van der Waals surface area contributed by atoms with E-state index in [0.29, 0.717) is 22.5 Å². The van der Waals surface area contributed by atoms with Crippen molar-refractivity contribution in [3.63, 3.8) is 0 Å². The average molecular weight is 381 g/mol. The molecule has 26 heavy (non-hydrogen) atoms. The Morgan fingerprint density at radius 3 is 2.81 bits per heavy atom. The predicted octanol–water partition coefficient (Wildman–Crippen LogP) is 4.40. The molecule has 0 bridgehead atoms. The van der Waals surface area contributed by atoms with Crippen LogP contribution in [0.4, 0.5) is 13.2 Å². The van der Waals surface area contributed by atoms with Crippen molar-refractivity contribution in [2.45, 2.75) is 13.1 Å². The lowest BCUT2D eigenvalue weighted by Crippen LogP contribution is -2.09. The lowest BCUT2D eigenvalue weighted by atomic mass is 10.1. The van der Waals surface area contributed by atoms with Crippen molar-refractivity contribution in [1.29, 1.82) is 0 Å². The maximum absolute atomic E-state index is 12.7. The second-order valence-electron chi connectivity index (χ2n) is 5.05. The van der Waals surface area contributed by atoms with Gasteiger partial charge in [-0.3, -0.25) is 0 Å². The first-order valence-corrected chi connectivity index (χ1v) is 8.03. The third-order valence-electron chi connectivity index (χ3n) is 3.21. The largest absolute Gasteiger partial charge is 0.416 e. The number of nitrogens with zero attached hydrogens (tertiary/aromatic N) is 3. The van der Waals surface area contributed by atoms with Crippen LogP contribution in [-0.2, 0) is 11.0 Å². The van der Waals surface area contributed by atoms with Crippen molar-refractivity contribution in [3.8, 4) is 10.8 Å². The van der Waals surface area contributed by atoms with Gasteiger partial charge < -0.3 is 9.36 Å². The molecule has 1 aromatic carbocycles. The SMILES string of the molecule is CC(=NOC(=O)c1cccc(C(F)(F)F)c1)c1csc(-c2ccno2)n1. The maximum Gasteiger partial charge on any atom is 0.416 e. The molecule has 3 aromatic rings. The molecule has 3 rings (SSSR count). The third kappa shape index (κ3) is 3.97. The molecule has 0 saturated carbocycles. The van der Waals surface area contributed by atoms with E-state index in [1.807, 2.05) is 0 Å². The van der Waals surface area contributed by atoms with Gasteiger partial charge in [0.05, 0.1) is 23.0 Å². The van der Waals surface area contributed by atoms with Gasteiger partial charge in [-0.25, -0.2) is 9.78 Å². The van der Waals surface area contributed by atoms with Crippen LogP contribution >= 0.6 is 11.3 Å². The Labute approximate surface area is 148 Å². The normalized spacial score (nSPS) is 12.2. The molecule has 2 aromatic heterocycles. The quantitative estimate of drug-likeness (QED) is 0.380. The topological polar surface area (TPSA) is 77.6 Å². The van der Waals surface area contributed by atoms with E-state index < -0.39 is 17.7 Å². The van der Waals surface area contributed by atoms with Crippen LogP contribution in [0, 0.1) is 0 Å². The van der Waals surface area contributed by atoms with Crippen LogP contribution in [0.15, 0.2) is 51.6 Å². The number of aromatic nitrogens is 2. The van der Waals surface area contributed by atoms with Crippen molar-refractivity contribution in [1.82, 2.24) is 10.1 Å². The lowest BCUT2D eigenvalue weighted by Gasteiger charge is -2.07. The van der Waals surface area contributed by atoms with Crippen LogP contribution in [-0.4, -0.2) is 21.8 Å². The van der Waals surface area contributed by atoms with Gasteiger partial charge in [0.1, 0.15) is 5.71 Å². The van der Waals surface area contributed by atoms with Gasteiger partial charge in [-0.2, -0.15) is 13.2 Å². The fourth-order valence-electron chi connectivity index (χ4n) is 1.91. The van der Waals surface area contributed by atoms with E-state index in [1.54, 1.807) is 18.4 Å². The summed E-state index contributed by atoms with van der Waals surface area (Å²) in [5.41, 5.74) is -0.466. The van der Waals surface area contributed by atoms with Crippen LogP contribution in [0.2, 0.25) is 0 Å². The number of rotatable bonds is 4. The highest BCUT2D eigenvalue weighted by Gasteiger charge is 2.31. The highest BCUT2D eigenvalue weighted by molar-refractivity contribution is 7.13. The summed E-state index contributed by atoms with van der Waals surface area (Å²) in [5.74, 6) is -0.517. The number of hydrogen-bond donors (Lipinski definition) is 0. The van der Waals surface area contributed by atoms with E-state index in [0.717, 1.165) is 12.1 Å². The summed E-state index contributed by atoms with van der Waals surface area (Å²) in [5, 5.41) is 9.46. The van der Waals surface area contributed by atoms with Gasteiger partial charge >= 0.3 is 12.1 Å². The Bertz CT molecular complexity index is 949. The van der Waals surface area contributed by atoms with Crippen molar-refractivity contribution >= 4 is 23.0 Å². The molecule has 0 saturated heterocycles. The van der Waals surface area contributed by atoms with Gasteiger partial charge in [0.15, 0.2) is 10.8 Å². The summed E-state index contributed by atoms with van der Waals surface area (Å²) in [7, 11) is 0. The smallest absolute Gasteiger partial charge is 0.354 e. The fraction of sp³-hybridized carbons (Fsp3) is 0.125. The molecule has 0 atom stereocenters. The number of carbonyl (C=O) groups is 1. The molecule has 0 N–H and O–H groups in total. The Balaban J connectivity index is 1.72. The molecular formula is C16H10F3N3O3S. The van der Waals surface area contributed by atoms with Gasteiger partial charge in [-0.05, 0) is 25.1 Å². The average Bonchev–Trinajstić information content (AvgIpc) is 3.29. The molecule has 10 heteroatoms. The van der Waals surface area contributed by atoms with Gasteiger partial charge in [-0.15, -0.1) is 11.3 Å². The summed E-state index contributed by atoms with van der Waals surface area (Å²) in [6.07, 6.45) is -3.07. The number of halogens is 3. The molecule has 0 aliphatic rings. The van der Waals surface area contributed by atoms with E-state index in [9.17, 15) is 18.0 Å². The van der Waals surface area contributed by atoms with Crippen LogP contribution in [0.25, 0.3) is 10.8 Å². The second kappa shape index (κ2) is 7.08. The minimum atomic E-state index is -4.55. The van der Waals surface area contributed by atoms with Crippen molar-refractivity contribution in [2.75, 3.05) is 0 Å². The zero-order valence-electron chi connectivity index (χ0n) is 13.1. The summed E-state index contributed by atoms with van der Waals surface area (Å²) in [6, 6.07) is 5.56. The summed E-state index contributed by atoms with van der Waals surface area (Å²) >= 11 is 1.28. The van der Waals surface area contributed by atoms with Gasteiger partial charge in [0, 0.05) is 11.4 Å². The maximum atomic E-state index is 12.7. The molecule has 0 aliphatic heterocycles. The Morgan fingerprint density at radius 2 is 2.12 bits per heavy atom. The van der Waals surface area contributed by atoms with Crippen molar-refractivity contribution in [3.05, 3.63) is 58.7 Å². The molecule has 0 spiro atoms. The molecule has 0 fully saturated rings. The Hall–Kier alpha value is -3.01. The van der Waals surface area contributed by atoms with E-state index in [1.165, 1.54) is 23.6 Å². The summed E-state index contributed by atoms with van der Waals surface area (Å²) in [6.45, 7) is 1.55. The highest BCUT2D eigenvalue weighted by Crippen LogP contribution is 2.29. The molecule has 0 unspecified atom stereocenters. The number of alkyl halides is 3. The van der Waals surface area contributed by atoms with Gasteiger partial charge in [-0.1, -0.05) is 16.4 Å². The van der Waals surface area contributed by atoms with Gasteiger partial charge in [0.25, 0.3) is 0 Å². The minimum Gasteiger partial charge on any atom is -0.354 e. The Morgan fingerprint density at radius 1 is 1.31 bits per heavy atom. The van der Waals surface area contributed by atoms with E-state index in [-0.39, 0.29) is 11.3 Å². The number of oxime groups is 1. The summed E-state index contributed by atoms with van der Waals surface area (Å²) in [4.78, 5) is 20.9. The molecule has 0 radical (unpaired) electrons. The highest BCUT2D eigenvalue weighted by atomic mass is 32.1. The van der Waals surface area contributed by atoms with E-state index >= 15 is 0 Å². The van der Waals surface area contributed by atoms with E-state index in [4.69, 9.17) is 9.36 Å². The first-order valence-electron chi connectivity index (χ1n) is 7.15. The predicted molar refractivity (Wildman–Crippen MR) is 86.7 cm³/mol. The van der Waals surface area contributed by atoms with Crippen LogP contribution in [0.1, 0.15) is 28.5 Å². The molecular weight excluding hydrogens is 371 g/mol. The van der Waals surface area contributed by atoms with Crippen LogP contribution in [0.5, 0.6) is 0 Å². The molecule has 2 heterocycles. The molecule has 0 amide bonds. The number of benzene rings is 1. The fourth-order valence-corrected chi connectivity index (χ4v) is 2.73. The first kappa shape index (κ1) is 17.8. The number of thiazole rings is 1. The monoisotopic (exact) mass is 381 g/mol. The first-order chi connectivity index (χ1) is 12.3. The number of hydrogen-bond acceptors (Lipinski definition) is 7. The zero-order valence-corrected chi connectivity index (χ0v) is 14.0. The zero-order chi connectivity index (χ0) is 18.7. The van der Waals surface area contributed by atoms with Gasteiger partial charge in [0.2, 0.25) is 0 Å². The standard InChI is InChI=1S/C16H10F3N3O3S/c1-9(12-8-26-14(21-12)13-5-6-20-24-13)22-25-15(23)10-3-2-4-11(7-10)16(17,18)19/h2-8H,1H3. The second-order valence-corrected chi connectivity index (χ2v) is 5.91. The Kier molecular flexibility index (Phi) is 4.85. The molecule has 0 aliphatic carbocycles. The molecule has 6 nitrogen and oxygen atoms in total. The third-order valence-corrected chi connectivity index (χ3v) is 4.07. The lowest BCUT2D eigenvalue weighted by molar-refractivity contribution is -0.137. The van der Waals surface area contributed by atoms with E-state index in [2.05, 4.69) is 15.3 Å². The van der Waals surface area contributed by atoms with Crippen LogP contribution in [0.3, 0.4) is 0 Å². The van der Waals surface area contributed by atoms with Crippen molar-refractivity contribution in [2.24, 2.45) is 5.16 Å². The minimum absolute atomic E-state index is 0.253.